The molecule has 0 unspecified atom stereocenters. The van der Waals surface area contributed by atoms with E-state index in [1.165, 1.54) is 0 Å². The number of carbonyl (C=O) groups is 1. The van der Waals surface area contributed by atoms with E-state index in [1.807, 2.05) is 30.3 Å². The minimum absolute atomic E-state index is 0.139. The molecular weight excluding hydrogens is 267 g/mol. The van der Waals surface area contributed by atoms with E-state index < -0.39 is 5.67 Å². The monoisotopic (exact) mass is 290 g/mol. The smallest absolute Gasteiger partial charge is 0.262 e. The van der Waals surface area contributed by atoms with Gasteiger partial charge in [-0.05, 0) is 25.8 Å². The van der Waals surface area contributed by atoms with Crippen molar-refractivity contribution >= 4 is 5.91 Å². The zero-order valence-electron chi connectivity index (χ0n) is 12.8. The van der Waals surface area contributed by atoms with Gasteiger partial charge in [0.15, 0.2) is 0 Å². The number of hydrogen-bond donors (Lipinski definition) is 0. The van der Waals surface area contributed by atoms with E-state index in [9.17, 15) is 4.79 Å². The lowest BCUT2D eigenvalue weighted by Gasteiger charge is -2.38. The van der Waals surface area contributed by atoms with Gasteiger partial charge in [0, 0.05) is 38.1 Å². The molecule has 0 aromatic heterocycles. The van der Waals surface area contributed by atoms with Gasteiger partial charge < -0.3 is 4.90 Å². The maximum absolute atomic E-state index is 15.3. The summed E-state index contributed by atoms with van der Waals surface area (Å²) < 4.78 is 15.3. The number of rotatable bonds is 3. The largest absolute Gasteiger partial charge is 0.336 e. The standard InChI is InChI=1S/C17H23FN2O/c1-13(2)20-11-15-8-9-19(16(21)17(15,18)12-20)10-14-6-4-3-5-7-14/h3-7,13,15H,8-12H2,1-2H3/t15-,17-/m0/s1. The average molecular weight is 290 g/mol. The van der Waals surface area contributed by atoms with Crippen LogP contribution in [0.2, 0.25) is 0 Å². The highest BCUT2D eigenvalue weighted by Gasteiger charge is 2.56. The van der Waals surface area contributed by atoms with Crippen molar-refractivity contribution < 1.29 is 9.18 Å². The number of alkyl halides is 1. The second-order valence-corrected chi connectivity index (χ2v) is 6.58. The van der Waals surface area contributed by atoms with Crippen LogP contribution in [0.25, 0.3) is 0 Å². The summed E-state index contributed by atoms with van der Waals surface area (Å²) in [5, 5.41) is 0. The lowest BCUT2D eigenvalue weighted by molar-refractivity contribution is -0.151. The van der Waals surface area contributed by atoms with Crippen LogP contribution in [-0.4, -0.2) is 47.1 Å². The second kappa shape index (κ2) is 5.41. The first kappa shape index (κ1) is 14.5. The third kappa shape index (κ3) is 2.57. The molecule has 0 saturated carbocycles. The number of piperidine rings is 1. The molecule has 21 heavy (non-hydrogen) atoms. The van der Waals surface area contributed by atoms with Crippen LogP contribution in [0.3, 0.4) is 0 Å². The Bertz CT molecular complexity index is 519. The summed E-state index contributed by atoms with van der Waals surface area (Å²) >= 11 is 0. The summed E-state index contributed by atoms with van der Waals surface area (Å²) in [6.07, 6.45) is 0.762. The highest BCUT2D eigenvalue weighted by molar-refractivity contribution is 5.87. The summed E-state index contributed by atoms with van der Waals surface area (Å²) in [5.74, 6) is -0.454. The van der Waals surface area contributed by atoms with E-state index in [1.54, 1.807) is 4.90 Å². The number of carbonyl (C=O) groups excluding carboxylic acids is 1. The third-order valence-corrected chi connectivity index (χ3v) is 4.87. The number of halogens is 1. The van der Waals surface area contributed by atoms with Crippen LogP contribution >= 0.6 is 0 Å². The molecule has 3 rings (SSSR count). The van der Waals surface area contributed by atoms with Crippen LogP contribution in [0.1, 0.15) is 25.8 Å². The Morgan fingerprint density at radius 2 is 2.05 bits per heavy atom. The van der Waals surface area contributed by atoms with Crippen LogP contribution in [0.5, 0.6) is 0 Å². The Morgan fingerprint density at radius 3 is 2.71 bits per heavy atom. The molecule has 2 fully saturated rings. The van der Waals surface area contributed by atoms with Gasteiger partial charge in [0.2, 0.25) is 5.67 Å². The van der Waals surface area contributed by atoms with E-state index in [4.69, 9.17) is 0 Å². The van der Waals surface area contributed by atoms with Gasteiger partial charge in [-0.3, -0.25) is 9.69 Å². The molecule has 0 aliphatic carbocycles. The molecule has 2 saturated heterocycles. The summed E-state index contributed by atoms with van der Waals surface area (Å²) in [4.78, 5) is 16.4. The molecule has 1 amide bonds. The highest BCUT2D eigenvalue weighted by atomic mass is 19.1. The van der Waals surface area contributed by atoms with Crippen molar-refractivity contribution in [3.63, 3.8) is 0 Å². The average Bonchev–Trinajstić information content (AvgIpc) is 2.83. The van der Waals surface area contributed by atoms with Gasteiger partial charge >= 0.3 is 0 Å². The van der Waals surface area contributed by atoms with E-state index in [-0.39, 0.29) is 18.4 Å². The first-order chi connectivity index (χ1) is 10.0. The highest BCUT2D eigenvalue weighted by Crippen LogP contribution is 2.40. The Labute approximate surface area is 125 Å². The Kier molecular flexibility index (Phi) is 3.74. The van der Waals surface area contributed by atoms with Crippen molar-refractivity contribution in [3.8, 4) is 0 Å². The fourth-order valence-electron chi connectivity index (χ4n) is 3.50. The van der Waals surface area contributed by atoms with Crippen molar-refractivity contribution in [2.24, 2.45) is 5.92 Å². The first-order valence-electron chi connectivity index (χ1n) is 7.77. The molecule has 0 spiro atoms. The zero-order chi connectivity index (χ0) is 15.0. The normalized spacial score (nSPS) is 30.0. The van der Waals surface area contributed by atoms with Crippen LogP contribution in [0.15, 0.2) is 30.3 Å². The van der Waals surface area contributed by atoms with Gasteiger partial charge in [-0.1, -0.05) is 30.3 Å². The molecule has 2 aliphatic rings. The summed E-state index contributed by atoms with van der Waals surface area (Å²) in [6, 6.07) is 10.1. The van der Waals surface area contributed by atoms with Crippen molar-refractivity contribution in [2.45, 2.75) is 38.5 Å². The van der Waals surface area contributed by atoms with E-state index in [0.29, 0.717) is 25.7 Å². The number of likely N-dealkylation sites (tertiary alicyclic amines) is 2. The number of hydrogen-bond acceptors (Lipinski definition) is 2. The maximum atomic E-state index is 15.3. The summed E-state index contributed by atoms with van der Waals surface area (Å²) in [5.41, 5.74) is -0.622. The van der Waals surface area contributed by atoms with Crippen molar-refractivity contribution in [3.05, 3.63) is 35.9 Å². The number of amides is 1. The topological polar surface area (TPSA) is 23.6 Å². The minimum Gasteiger partial charge on any atom is -0.336 e. The first-order valence-corrected chi connectivity index (χ1v) is 7.77. The van der Waals surface area contributed by atoms with Gasteiger partial charge in [0.25, 0.3) is 5.91 Å². The van der Waals surface area contributed by atoms with Crippen LogP contribution in [0.4, 0.5) is 4.39 Å². The molecule has 1 aromatic rings. The van der Waals surface area contributed by atoms with Gasteiger partial charge in [0.1, 0.15) is 0 Å². The Hall–Kier alpha value is -1.42. The molecule has 2 aliphatic heterocycles. The lowest BCUT2D eigenvalue weighted by Crippen LogP contribution is -2.55. The zero-order valence-corrected chi connectivity index (χ0v) is 12.8. The maximum Gasteiger partial charge on any atom is 0.262 e. The molecule has 0 bridgehead atoms. The molecule has 0 N–H and O–H groups in total. The van der Waals surface area contributed by atoms with Gasteiger partial charge in [0.05, 0.1) is 0 Å². The van der Waals surface area contributed by atoms with Crippen molar-refractivity contribution in [1.82, 2.24) is 9.80 Å². The van der Waals surface area contributed by atoms with E-state index in [0.717, 1.165) is 12.0 Å². The predicted molar refractivity (Wildman–Crippen MR) is 80.5 cm³/mol. The van der Waals surface area contributed by atoms with Crippen molar-refractivity contribution in [1.29, 1.82) is 0 Å². The van der Waals surface area contributed by atoms with Gasteiger partial charge in [-0.25, -0.2) is 4.39 Å². The minimum atomic E-state index is -1.68. The van der Waals surface area contributed by atoms with E-state index in [2.05, 4.69) is 18.7 Å². The Morgan fingerprint density at radius 1 is 1.33 bits per heavy atom. The molecule has 114 valence electrons. The SMILES string of the molecule is CC(C)N1C[C@@H]2CCN(Cc3ccccc3)C(=O)[C@]2(F)C1. The lowest BCUT2D eigenvalue weighted by atomic mass is 9.85. The van der Waals surface area contributed by atoms with Crippen LogP contribution in [0, 0.1) is 5.92 Å². The van der Waals surface area contributed by atoms with Gasteiger partial charge in [-0.15, -0.1) is 0 Å². The Balaban J connectivity index is 1.75. The fraction of sp³-hybridized carbons (Fsp3) is 0.588. The molecule has 3 nitrogen and oxygen atoms in total. The second-order valence-electron chi connectivity index (χ2n) is 6.58. The molecule has 1 aromatic carbocycles. The number of benzene rings is 1. The molecule has 2 atom stereocenters. The van der Waals surface area contributed by atoms with Crippen LogP contribution < -0.4 is 0 Å². The quantitative estimate of drug-likeness (QED) is 0.854. The van der Waals surface area contributed by atoms with Gasteiger partial charge in [-0.2, -0.15) is 0 Å². The molecule has 0 radical (unpaired) electrons. The van der Waals surface area contributed by atoms with Crippen LogP contribution in [-0.2, 0) is 11.3 Å². The van der Waals surface area contributed by atoms with E-state index >= 15 is 4.39 Å². The molecule has 2 heterocycles. The number of fused-ring (bicyclic) bond motifs is 1. The number of nitrogens with zero attached hydrogens (tertiary/aromatic N) is 2. The fourth-order valence-corrected chi connectivity index (χ4v) is 3.50. The molecule has 4 heteroatoms. The molecular formula is C17H23FN2O. The third-order valence-electron chi connectivity index (χ3n) is 4.87. The predicted octanol–water partition coefficient (Wildman–Crippen LogP) is 2.47. The summed E-state index contributed by atoms with van der Waals surface area (Å²) in [7, 11) is 0. The van der Waals surface area contributed by atoms with Crippen molar-refractivity contribution in [2.75, 3.05) is 19.6 Å². The summed E-state index contributed by atoms with van der Waals surface area (Å²) in [6.45, 7) is 6.26.